The smallest absolute Gasteiger partial charge is 0.246 e. The van der Waals surface area contributed by atoms with Crippen molar-refractivity contribution in [2.24, 2.45) is 11.8 Å². The minimum atomic E-state index is -0.861. The number of aryl methyl sites for hydroxylation is 1. The van der Waals surface area contributed by atoms with Crippen LogP contribution in [0.3, 0.4) is 0 Å². The molecule has 5 amide bonds. The van der Waals surface area contributed by atoms with E-state index in [0.29, 0.717) is 5.69 Å². The fourth-order valence-electron chi connectivity index (χ4n) is 3.52. The average Bonchev–Trinajstić information content (AvgIpc) is 3.13. The van der Waals surface area contributed by atoms with Gasteiger partial charge in [-0.15, -0.1) is 0 Å². The maximum atomic E-state index is 12.8. The van der Waals surface area contributed by atoms with Crippen LogP contribution in [0.25, 0.3) is 0 Å². The highest BCUT2D eigenvalue weighted by Crippen LogP contribution is 2.18. The summed E-state index contributed by atoms with van der Waals surface area (Å²) < 4.78 is 0. The van der Waals surface area contributed by atoms with E-state index in [0.717, 1.165) is 16.9 Å². The molecule has 0 bridgehead atoms. The van der Waals surface area contributed by atoms with E-state index in [4.69, 9.17) is 0 Å². The molecular formula is C28H46N4O5. The van der Waals surface area contributed by atoms with Crippen LogP contribution in [0.4, 0.5) is 5.69 Å². The number of benzene rings is 1. The van der Waals surface area contributed by atoms with Crippen LogP contribution in [-0.4, -0.2) is 53.1 Å². The van der Waals surface area contributed by atoms with Crippen molar-refractivity contribution < 1.29 is 24.0 Å². The van der Waals surface area contributed by atoms with Crippen LogP contribution < -0.4 is 16.0 Å². The predicted molar refractivity (Wildman–Crippen MR) is 147 cm³/mol. The second-order valence-electron chi connectivity index (χ2n) is 8.80. The molecule has 208 valence electrons. The molecule has 0 spiro atoms. The summed E-state index contributed by atoms with van der Waals surface area (Å²) in [5, 5.41) is 8.06. The number of hydrogen-bond donors (Lipinski definition) is 3. The van der Waals surface area contributed by atoms with Gasteiger partial charge in [-0.2, -0.15) is 0 Å². The van der Waals surface area contributed by atoms with Gasteiger partial charge in [-0.3, -0.25) is 28.9 Å². The summed E-state index contributed by atoms with van der Waals surface area (Å²) in [7, 11) is 0. The Morgan fingerprint density at radius 3 is 1.97 bits per heavy atom. The van der Waals surface area contributed by atoms with Crippen molar-refractivity contribution in [3.8, 4) is 0 Å². The SMILES string of the molecule is CC.CC.CCc1ccc(NC(=O)C(C)NC(=O)C(NC(=O)CCN2C(=O)CC(C)C2=O)C(C)C)cc1. The number of carbonyl (C=O) groups is 5. The lowest BCUT2D eigenvalue weighted by Gasteiger charge is -2.24. The molecule has 0 saturated carbocycles. The summed E-state index contributed by atoms with van der Waals surface area (Å²) in [5.74, 6) is -2.48. The standard InChI is InChI=1S/C24H34N4O5.2C2H6/c1-6-17-7-9-18(10-8-17)26-22(31)16(5)25-23(32)21(14(2)3)27-19(29)11-12-28-20(30)13-15(4)24(28)33;2*1-2/h7-10,14-16,21H,6,11-13H2,1-5H3,(H,25,32)(H,26,31)(H,27,29);2*1-2H3. The van der Waals surface area contributed by atoms with E-state index in [1.807, 2.05) is 46.8 Å². The first-order chi connectivity index (χ1) is 17.5. The molecule has 3 N–H and O–H groups in total. The van der Waals surface area contributed by atoms with Crippen LogP contribution in [-0.2, 0) is 30.4 Å². The molecule has 0 aromatic heterocycles. The molecule has 1 aliphatic heterocycles. The predicted octanol–water partition coefficient (Wildman–Crippen LogP) is 3.67. The number of carbonyl (C=O) groups excluding carboxylic acids is 5. The Balaban J connectivity index is 0.00000308. The van der Waals surface area contributed by atoms with Crippen molar-refractivity contribution in [2.75, 3.05) is 11.9 Å². The third kappa shape index (κ3) is 10.7. The molecular weight excluding hydrogens is 472 g/mol. The van der Waals surface area contributed by atoms with Gasteiger partial charge in [0, 0.05) is 31.0 Å². The van der Waals surface area contributed by atoms with Crippen molar-refractivity contribution >= 4 is 35.2 Å². The van der Waals surface area contributed by atoms with Crippen molar-refractivity contribution in [2.45, 2.75) is 93.7 Å². The molecule has 3 atom stereocenters. The molecule has 9 nitrogen and oxygen atoms in total. The minimum Gasteiger partial charge on any atom is -0.344 e. The number of nitrogens with one attached hydrogen (secondary N) is 3. The Morgan fingerprint density at radius 1 is 0.946 bits per heavy atom. The monoisotopic (exact) mass is 518 g/mol. The fourth-order valence-corrected chi connectivity index (χ4v) is 3.52. The molecule has 1 heterocycles. The lowest BCUT2D eigenvalue weighted by Crippen LogP contribution is -2.54. The number of amides is 5. The largest absolute Gasteiger partial charge is 0.344 e. The van der Waals surface area contributed by atoms with Crippen molar-refractivity contribution in [3.63, 3.8) is 0 Å². The van der Waals surface area contributed by atoms with E-state index in [2.05, 4.69) is 16.0 Å². The zero-order chi connectivity index (χ0) is 28.7. The van der Waals surface area contributed by atoms with E-state index >= 15 is 0 Å². The Kier molecular flexibility index (Phi) is 15.8. The normalized spacial score (nSPS) is 16.1. The average molecular weight is 519 g/mol. The molecule has 9 heteroatoms. The molecule has 0 radical (unpaired) electrons. The van der Waals surface area contributed by atoms with Crippen LogP contribution in [0.5, 0.6) is 0 Å². The number of rotatable bonds is 10. The van der Waals surface area contributed by atoms with Gasteiger partial charge in [-0.05, 0) is 37.0 Å². The van der Waals surface area contributed by atoms with Gasteiger partial charge in [0.25, 0.3) is 0 Å². The molecule has 1 aromatic carbocycles. The molecule has 1 fully saturated rings. The van der Waals surface area contributed by atoms with Crippen molar-refractivity contribution in [3.05, 3.63) is 29.8 Å². The van der Waals surface area contributed by atoms with Gasteiger partial charge in [0.1, 0.15) is 12.1 Å². The zero-order valence-electron chi connectivity index (χ0n) is 23.9. The van der Waals surface area contributed by atoms with Gasteiger partial charge in [0.2, 0.25) is 29.5 Å². The molecule has 3 unspecified atom stereocenters. The zero-order valence-corrected chi connectivity index (χ0v) is 23.9. The molecule has 1 aliphatic rings. The first-order valence-corrected chi connectivity index (χ1v) is 13.4. The topological polar surface area (TPSA) is 125 Å². The second kappa shape index (κ2) is 17.3. The van der Waals surface area contributed by atoms with E-state index in [9.17, 15) is 24.0 Å². The lowest BCUT2D eigenvalue weighted by molar-refractivity contribution is -0.140. The summed E-state index contributed by atoms with van der Waals surface area (Å²) in [6.07, 6.45) is 0.956. The van der Waals surface area contributed by atoms with Crippen LogP contribution in [0.15, 0.2) is 24.3 Å². The molecule has 1 saturated heterocycles. The van der Waals surface area contributed by atoms with E-state index in [1.54, 1.807) is 39.8 Å². The summed E-state index contributed by atoms with van der Waals surface area (Å²) in [4.78, 5) is 62.6. The third-order valence-electron chi connectivity index (χ3n) is 5.68. The van der Waals surface area contributed by atoms with Crippen molar-refractivity contribution in [1.29, 1.82) is 0 Å². The molecule has 2 rings (SSSR count). The highest BCUT2D eigenvalue weighted by Gasteiger charge is 2.35. The molecule has 1 aromatic rings. The van der Waals surface area contributed by atoms with Crippen LogP contribution in [0, 0.1) is 11.8 Å². The summed E-state index contributed by atoms with van der Waals surface area (Å²) in [6, 6.07) is 5.78. The number of likely N-dealkylation sites (tertiary alicyclic amines) is 1. The summed E-state index contributed by atoms with van der Waals surface area (Å²) in [5.41, 5.74) is 1.78. The van der Waals surface area contributed by atoms with Crippen LogP contribution >= 0.6 is 0 Å². The van der Waals surface area contributed by atoms with Crippen molar-refractivity contribution in [1.82, 2.24) is 15.5 Å². The number of anilines is 1. The Hall–Kier alpha value is -3.23. The van der Waals surface area contributed by atoms with E-state index in [1.165, 1.54) is 0 Å². The third-order valence-corrected chi connectivity index (χ3v) is 5.68. The van der Waals surface area contributed by atoms with Crippen LogP contribution in [0.2, 0.25) is 0 Å². The number of imide groups is 1. The molecule has 37 heavy (non-hydrogen) atoms. The quantitative estimate of drug-likeness (QED) is 0.408. The highest BCUT2D eigenvalue weighted by atomic mass is 16.2. The Labute approximate surface area is 222 Å². The first kappa shape index (κ1) is 33.8. The fraction of sp³-hybridized carbons (Fsp3) is 0.607. The Bertz CT molecular complexity index is 898. The highest BCUT2D eigenvalue weighted by molar-refractivity contribution is 6.03. The minimum absolute atomic E-state index is 0.0180. The summed E-state index contributed by atoms with van der Waals surface area (Å²) >= 11 is 0. The van der Waals surface area contributed by atoms with Gasteiger partial charge in [0.05, 0.1) is 0 Å². The van der Waals surface area contributed by atoms with Gasteiger partial charge in [0.15, 0.2) is 0 Å². The van der Waals surface area contributed by atoms with Gasteiger partial charge in [-0.1, -0.05) is 67.5 Å². The maximum Gasteiger partial charge on any atom is 0.246 e. The van der Waals surface area contributed by atoms with E-state index < -0.39 is 23.9 Å². The Morgan fingerprint density at radius 2 is 1.51 bits per heavy atom. The maximum absolute atomic E-state index is 12.8. The first-order valence-electron chi connectivity index (χ1n) is 13.4. The van der Waals surface area contributed by atoms with Gasteiger partial charge < -0.3 is 16.0 Å². The lowest BCUT2D eigenvalue weighted by atomic mass is 10.0. The summed E-state index contributed by atoms with van der Waals surface area (Å²) in [6.45, 7) is 16.8. The molecule has 0 aliphatic carbocycles. The number of nitrogens with zero attached hydrogens (tertiary/aromatic N) is 1. The van der Waals surface area contributed by atoms with Gasteiger partial charge in [-0.25, -0.2) is 0 Å². The number of hydrogen-bond acceptors (Lipinski definition) is 5. The van der Waals surface area contributed by atoms with Gasteiger partial charge >= 0.3 is 0 Å². The van der Waals surface area contributed by atoms with Crippen LogP contribution in [0.1, 0.15) is 80.7 Å². The second-order valence-corrected chi connectivity index (χ2v) is 8.80. The van der Waals surface area contributed by atoms with E-state index in [-0.39, 0.29) is 48.9 Å².